The zero-order valence-electron chi connectivity index (χ0n) is 27.2. The minimum Gasteiger partial charge on any atom is -0.339 e. The number of nitrogens with zero attached hydrogens (tertiary/aromatic N) is 8. The maximum Gasteiger partial charge on any atom is 0.282 e. The molecular formula is C35H38N8O4S. The molecule has 3 atom stereocenters. The Balaban J connectivity index is 1.23. The van der Waals surface area contributed by atoms with Crippen molar-refractivity contribution in [3.63, 3.8) is 0 Å². The van der Waals surface area contributed by atoms with Crippen LogP contribution in [0.4, 0.5) is 0 Å². The van der Waals surface area contributed by atoms with E-state index in [2.05, 4.69) is 34.8 Å². The molecule has 2 aromatic heterocycles. The molecule has 4 fully saturated rings. The lowest BCUT2D eigenvalue weighted by atomic mass is 9.82. The topological polar surface area (TPSA) is 134 Å². The summed E-state index contributed by atoms with van der Waals surface area (Å²) < 4.78 is 30.6. The van der Waals surface area contributed by atoms with Crippen LogP contribution in [0.1, 0.15) is 40.9 Å². The minimum atomic E-state index is -3.65. The van der Waals surface area contributed by atoms with Gasteiger partial charge in [-0.05, 0) is 73.5 Å². The highest BCUT2D eigenvalue weighted by Gasteiger charge is 2.68. The Morgan fingerprint density at radius 1 is 0.896 bits per heavy atom. The molecule has 1 aliphatic carbocycles. The molecular weight excluding hydrogens is 629 g/mol. The van der Waals surface area contributed by atoms with Crippen molar-refractivity contribution in [1.29, 1.82) is 5.26 Å². The predicted molar refractivity (Wildman–Crippen MR) is 177 cm³/mol. The average Bonchev–Trinajstić information content (AvgIpc) is 3.46. The van der Waals surface area contributed by atoms with Gasteiger partial charge in [0.2, 0.25) is 0 Å². The fraction of sp³-hybridized carbons (Fsp3) is 0.400. The van der Waals surface area contributed by atoms with E-state index in [-0.39, 0.29) is 29.6 Å². The summed E-state index contributed by atoms with van der Waals surface area (Å²) in [4.78, 5) is 43.1. The molecule has 0 bridgehead atoms. The number of hydrogen-bond acceptors (Lipinski definition) is 9. The van der Waals surface area contributed by atoms with Crippen LogP contribution in [0.15, 0.2) is 85.2 Å². The van der Waals surface area contributed by atoms with Gasteiger partial charge in [-0.25, -0.2) is 0 Å². The van der Waals surface area contributed by atoms with Crippen molar-refractivity contribution in [2.24, 2.45) is 11.8 Å². The molecule has 1 amide bonds. The number of benzene rings is 1. The van der Waals surface area contributed by atoms with E-state index in [1.54, 1.807) is 86.8 Å². The van der Waals surface area contributed by atoms with Gasteiger partial charge in [-0.15, -0.1) is 0 Å². The Morgan fingerprint density at radius 2 is 1.44 bits per heavy atom. The summed E-state index contributed by atoms with van der Waals surface area (Å²) in [5.74, 6) is -0.252. The Kier molecular flexibility index (Phi) is 8.15. The second kappa shape index (κ2) is 12.2. The first-order chi connectivity index (χ1) is 23.1. The van der Waals surface area contributed by atoms with Gasteiger partial charge in [0, 0.05) is 107 Å². The number of pyridine rings is 2. The van der Waals surface area contributed by atoms with Crippen LogP contribution in [0.2, 0.25) is 0 Å². The maximum atomic E-state index is 15.1. The van der Waals surface area contributed by atoms with E-state index in [1.165, 1.54) is 6.08 Å². The standard InChI is InChI=1S/C35H38N8O4S/c1-24(2)40-16-18-41(19-17-40)48(46,47)42-22-29-30(23-42)33(29)43-32(20-31(44)26-6-4-25(21-36)5-7-26)39(3)35(34(43)45,27-8-12-37-13-9-27)28-10-14-38-15-11-28/h4-15,20,24,29-30,33H,16-19,22-23H2,1-3H3/t29-,30+,33?. The van der Waals surface area contributed by atoms with Gasteiger partial charge in [0.1, 0.15) is 5.82 Å². The Labute approximate surface area is 281 Å². The van der Waals surface area contributed by atoms with E-state index in [4.69, 9.17) is 0 Å². The van der Waals surface area contributed by atoms with Crippen LogP contribution in [0, 0.1) is 23.2 Å². The third-order valence-electron chi connectivity index (χ3n) is 10.4. The molecule has 1 aromatic carbocycles. The fourth-order valence-corrected chi connectivity index (χ4v) is 9.42. The van der Waals surface area contributed by atoms with Crippen LogP contribution in [0.5, 0.6) is 0 Å². The highest BCUT2D eigenvalue weighted by molar-refractivity contribution is 7.86. The van der Waals surface area contributed by atoms with Gasteiger partial charge in [0.25, 0.3) is 16.1 Å². The number of amides is 1. The number of ketones is 1. The number of aromatic nitrogens is 2. The molecule has 7 rings (SSSR count). The van der Waals surface area contributed by atoms with Gasteiger partial charge in [-0.2, -0.15) is 22.3 Å². The number of piperidine rings is 1. The van der Waals surface area contributed by atoms with Crippen LogP contribution < -0.4 is 0 Å². The minimum absolute atomic E-state index is 0.0758. The fourth-order valence-electron chi connectivity index (χ4n) is 7.75. The molecule has 3 aromatic rings. The molecule has 4 aliphatic rings. The summed E-state index contributed by atoms with van der Waals surface area (Å²) in [5, 5.41) is 9.24. The SMILES string of the molecule is CC(C)N1CCN(S(=O)(=O)N2C[C@@H]3C(N4C(=O)C(c5ccncc5)(c5ccncc5)N(C)C4=CC(=O)c4ccc(C#N)cc4)[C@@H]3C2)CC1. The average molecular weight is 667 g/mol. The van der Waals surface area contributed by atoms with E-state index in [0.717, 1.165) is 0 Å². The molecule has 248 valence electrons. The molecule has 3 aliphatic heterocycles. The third kappa shape index (κ3) is 5.11. The van der Waals surface area contributed by atoms with Gasteiger partial charge in [0.15, 0.2) is 11.3 Å². The number of hydrogen-bond donors (Lipinski definition) is 0. The highest BCUT2D eigenvalue weighted by Crippen LogP contribution is 2.56. The summed E-state index contributed by atoms with van der Waals surface area (Å²) in [5.41, 5.74) is 0.882. The maximum absolute atomic E-state index is 15.1. The van der Waals surface area contributed by atoms with Gasteiger partial charge in [-0.1, -0.05) is 0 Å². The van der Waals surface area contributed by atoms with Gasteiger partial charge >= 0.3 is 0 Å². The molecule has 0 radical (unpaired) electrons. The van der Waals surface area contributed by atoms with Crippen molar-refractivity contribution in [1.82, 2.24) is 33.3 Å². The molecule has 5 heterocycles. The number of allylic oxidation sites excluding steroid dienone is 1. The Bertz CT molecular complexity index is 1840. The van der Waals surface area contributed by atoms with E-state index in [1.807, 2.05) is 11.9 Å². The molecule has 12 nitrogen and oxygen atoms in total. The number of rotatable bonds is 8. The monoisotopic (exact) mass is 666 g/mol. The number of carbonyl (C=O) groups excluding carboxylic acids is 2. The number of fused-ring (bicyclic) bond motifs is 1. The predicted octanol–water partition coefficient (Wildman–Crippen LogP) is 2.29. The zero-order chi connectivity index (χ0) is 33.8. The molecule has 1 unspecified atom stereocenters. The molecule has 0 spiro atoms. The molecule has 1 saturated carbocycles. The lowest BCUT2D eigenvalue weighted by Gasteiger charge is -2.38. The quantitative estimate of drug-likeness (QED) is 0.262. The molecule has 3 saturated heterocycles. The second-order valence-electron chi connectivity index (χ2n) is 13.1. The summed E-state index contributed by atoms with van der Waals surface area (Å²) in [6, 6.07) is 15.8. The summed E-state index contributed by atoms with van der Waals surface area (Å²) in [6.45, 7) is 7.16. The van der Waals surface area contributed by atoms with E-state index < -0.39 is 15.7 Å². The zero-order valence-corrected chi connectivity index (χ0v) is 28.0. The first-order valence-corrected chi connectivity index (χ1v) is 17.6. The number of carbonyl (C=O) groups is 2. The van der Waals surface area contributed by atoms with Crippen molar-refractivity contribution in [3.05, 3.63) is 107 Å². The van der Waals surface area contributed by atoms with E-state index >= 15 is 4.79 Å². The van der Waals surface area contributed by atoms with Crippen molar-refractivity contribution < 1.29 is 18.0 Å². The van der Waals surface area contributed by atoms with E-state index in [0.29, 0.717) is 73.4 Å². The highest BCUT2D eigenvalue weighted by atomic mass is 32.2. The molecule has 0 N–H and O–H groups in total. The molecule has 48 heavy (non-hydrogen) atoms. The Hall–Kier alpha value is -4.48. The van der Waals surface area contributed by atoms with Gasteiger partial charge in [-0.3, -0.25) is 29.4 Å². The molecule has 13 heteroatoms. The second-order valence-corrected chi connectivity index (χ2v) is 15.1. The first-order valence-electron chi connectivity index (χ1n) is 16.2. The normalized spacial score (nSPS) is 25.4. The van der Waals surface area contributed by atoms with Crippen LogP contribution >= 0.6 is 0 Å². The van der Waals surface area contributed by atoms with Crippen molar-refractivity contribution in [3.8, 4) is 6.07 Å². The largest absolute Gasteiger partial charge is 0.339 e. The van der Waals surface area contributed by atoms with Crippen LogP contribution in [-0.2, 0) is 20.5 Å². The summed E-state index contributed by atoms with van der Waals surface area (Å²) in [6.07, 6.45) is 8.05. The lowest BCUT2D eigenvalue weighted by Crippen LogP contribution is -2.54. The van der Waals surface area contributed by atoms with Crippen LogP contribution in [-0.4, -0.2) is 112 Å². The van der Waals surface area contributed by atoms with E-state index in [9.17, 15) is 18.5 Å². The third-order valence-corrected chi connectivity index (χ3v) is 12.4. The van der Waals surface area contributed by atoms with Gasteiger partial charge in [0.05, 0.1) is 11.6 Å². The van der Waals surface area contributed by atoms with Crippen molar-refractivity contribution in [2.75, 3.05) is 46.3 Å². The van der Waals surface area contributed by atoms with Gasteiger partial charge < -0.3 is 4.90 Å². The summed E-state index contributed by atoms with van der Waals surface area (Å²) >= 11 is 0. The lowest BCUT2D eigenvalue weighted by molar-refractivity contribution is -0.132. The number of likely N-dealkylation sites (N-methyl/N-ethyl adjacent to an activating group) is 1. The van der Waals surface area contributed by atoms with Crippen molar-refractivity contribution >= 4 is 21.9 Å². The summed E-state index contributed by atoms with van der Waals surface area (Å²) in [7, 11) is -1.84. The van der Waals surface area contributed by atoms with Crippen LogP contribution in [0.25, 0.3) is 0 Å². The van der Waals surface area contributed by atoms with Crippen molar-refractivity contribution in [2.45, 2.75) is 31.5 Å². The Morgan fingerprint density at radius 3 is 1.94 bits per heavy atom. The van der Waals surface area contributed by atoms with Crippen LogP contribution in [0.3, 0.4) is 0 Å². The first kappa shape index (κ1) is 32.1. The number of nitriles is 1. The smallest absolute Gasteiger partial charge is 0.282 e. The number of piperazine rings is 1.